The molecule has 5 heteroatoms. The number of aromatic nitrogens is 2. The van der Waals surface area contributed by atoms with E-state index in [1.807, 2.05) is 16.9 Å². The number of nitrogens with zero attached hydrogens (tertiary/aromatic N) is 2. The predicted molar refractivity (Wildman–Crippen MR) is 75.7 cm³/mol. The molecule has 19 heavy (non-hydrogen) atoms. The Morgan fingerprint density at radius 3 is 2.95 bits per heavy atom. The number of halogens is 2. The molecule has 0 saturated carbocycles. The lowest BCUT2D eigenvalue weighted by molar-refractivity contribution is 0.283. The molecule has 0 amide bonds. The smallest absolute Gasteiger partial charge is 0.165 e. The van der Waals surface area contributed by atoms with Gasteiger partial charge in [-0.25, -0.2) is 4.39 Å². The van der Waals surface area contributed by atoms with Crippen molar-refractivity contribution in [3.63, 3.8) is 0 Å². The quantitative estimate of drug-likeness (QED) is 0.817. The molecule has 3 nitrogen and oxygen atoms in total. The van der Waals surface area contributed by atoms with Gasteiger partial charge in [0.1, 0.15) is 6.61 Å². The van der Waals surface area contributed by atoms with Crippen LogP contribution in [-0.4, -0.2) is 9.78 Å². The molecular weight excluding hydrogens is 311 g/mol. The maximum atomic E-state index is 13.5. The summed E-state index contributed by atoms with van der Waals surface area (Å²) < 4.78 is 21.6. The second-order valence-electron chi connectivity index (χ2n) is 4.41. The highest BCUT2D eigenvalue weighted by molar-refractivity contribution is 9.10. The first-order valence-corrected chi connectivity index (χ1v) is 7.01. The molecule has 1 aromatic carbocycles. The zero-order valence-corrected chi connectivity index (χ0v) is 12.5. The molecule has 0 aliphatic rings. The standard InChI is InChI=1S/C14H16BrFN2O/c1-3-10(2)18-7-6-12(17-18)9-19-14-8-11(15)4-5-13(14)16/h4-8,10H,3,9H2,1-2H3. The number of benzene rings is 1. The first-order chi connectivity index (χ1) is 9.10. The number of hydrogen-bond donors (Lipinski definition) is 0. The van der Waals surface area contributed by atoms with Crippen LogP contribution in [-0.2, 0) is 6.61 Å². The van der Waals surface area contributed by atoms with E-state index in [0.29, 0.717) is 6.04 Å². The fourth-order valence-electron chi connectivity index (χ4n) is 1.63. The summed E-state index contributed by atoms with van der Waals surface area (Å²) in [5.41, 5.74) is 0.791. The maximum absolute atomic E-state index is 13.5. The van der Waals surface area contributed by atoms with Crippen LogP contribution in [0.25, 0.3) is 0 Å². The van der Waals surface area contributed by atoms with Gasteiger partial charge in [-0.15, -0.1) is 0 Å². The fourth-order valence-corrected chi connectivity index (χ4v) is 1.97. The van der Waals surface area contributed by atoms with Gasteiger partial charge in [-0.3, -0.25) is 4.68 Å². The lowest BCUT2D eigenvalue weighted by atomic mass is 10.3. The molecule has 0 N–H and O–H groups in total. The molecule has 0 fully saturated rings. The Labute approximate surface area is 120 Å². The van der Waals surface area contributed by atoms with Crippen molar-refractivity contribution in [1.29, 1.82) is 0 Å². The van der Waals surface area contributed by atoms with E-state index in [4.69, 9.17) is 4.74 Å². The summed E-state index contributed by atoms with van der Waals surface area (Å²) in [7, 11) is 0. The van der Waals surface area contributed by atoms with E-state index in [0.717, 1.165) is 16.6 Å². The molecule has 1 unspecified atom stereocenters. The average molecular weight is 327 g/mol. The van der Waals surface area contributed by atoms with Gasteiger partial charge in [-0.2, -0.15) is 5.10 Å². The van der Waals surface area contributed by atoms with Gasteiger partial charge in [0.15, 0.2) is 11.6 Å². The van der Waals surface area contributed by atoms with Crippen molar-refractivity contribution in [3.8, 4) is 5.75 Å². The second kappa shape index (κ2) is 6.19. The van der Waals surface area contributed by atoms with Crippen LogP contribution >= 0.6 is 15.9 Å². The molecule has 2 aromatic rings. The zero-order chi connectivity index (χ0) is 13.8. The minimum absolute atomic E-state index is 0.229. The van der Waals surface area contributed by atoms with Crippen LogP contribution in [0.4, 0.5) is 4.39 Å². The third-order valence-corrected chi connectivity index (χ3v) is 3.47. The van der Waals surface area contributed by atoms with Crippen LogP contribution in [0.15, 0.2) is 34.9 Å². The summed E-state index contributed by atoms with van der Waals surface area (Å²) in [5, 5.41) is 4.41. The van der Waals surface area contributed by atoms with Gasteiger partial charge >= 0.3 is 0 Å². The highest BCUT2D eigenvalue weighted by Gasteiger charge is 2.07. The molecule has 0 saturated heterocycles. The van der Waals surface area contributed by atoms with Crippen LogP contribution in [0, 0.1) is 5.82 Å². The lowest BCUT2D eigenvalue weighted by Gasteiger charge is -2.09. The van der Waals surface area contributed by atoms with Gasteiger partial charge in [-0.05, 0) is 37.6 Å². The zero-order valence-electron chi connectivity index (χ0n) is 10.9. The van der Waals surface area contributed by atoms with E-state index in [1.54, 1.807) is 12.1 Å². The Balaban J connectivity index is 2.02. The van der Waals surface area contributed by atoms with Crippen molar-refractivity contribution in [2.75, 3.05) is 0 Å². The van der Waals surface area contributed by atoms with Crippen LogP contribution < -0.4 is 4.74 Å². The predicted octanol–water partition coefficient (Wildman–Crippen LogP) is 4.33. The van der Waals surface area contributed by atoms with E-state index in [9.17, 15) is 4.39 Å². The highest BCUT2D eigenvalue weighted by Crippen LogP contribution is 2.23. The highest BCUT2D eigenvalue weighted by atomic mass is 79.9. The van der Waals surface area contributed by atoms with Crippen molar-refractivity contribution in [3.05, 3.63) is 46.4 Å². The largest absolute Gasteiger partial charge is 0.484 e. The van der Waals surface area contributed by atoms with Gasteiger partial charge in [0.05, 0.1) is 5.69 Å². The summed E-state index contributed by atoms with van der Waals surface area (Å²) in [4.78, 5) is 0. The molecule has 0 radical (unpaired) electrons. The third kappa shape index (κ3) is 3.56. The van der Waals surface area contributed by atoms with Crippen LogP contribution in [0.1, 0.15) is 32.0 Å². The first-order valence-electron chi connectivity index (χ1n) is 6.22. The molecular formula is C14H16BrFN2O. The summed E-state index contributed by atoms with van der Waals surface area (Å²) >= 11 is 3.29. The molecule has 1 atom stereocenters. The van der Waals surface area contributed by atoms with Crippen molar-refractivity contribution < 1.29 is 9.13 Å². The van der Waals surface area contributed by atoms with Crippen molar-refractivity contribution >= 4 is 15.9 Å². The SMILES string of the molecule is CCC(C)n1ccc(COc2cc(Br)ccc2F)n1. The molecule has 0 aliphatic carbocycles. The molecule has 1 heterocycles. The molecule has 0 spiro atoms. The minimum Gasteiger partial charge on any atom is -0.484 e. The second-order valence-corrected chi connectivity index (χ2v) is 5.32. The first kappa shape index (κ1) is 14.1. The number of rotatable bonds is 5. The fraction of sp³-hybridized carbons (Fsp3) is 0.357. The third-order valence-electron chi connectivity index (χ3n) is 2.97. The van der Waals surface area contributed by atoms with Gasteiger partial charge in [0, 0.05) is 16.7 Å². The summed E-state index contributed by atoms with van der Waals surface area (Å²) in [6, 6.07) is 6.87. The Bertz CT molecular complexity index is 556. The van der Waals surface area contributed by atoms with E-state index >= 15 is 0 Å². The Morgan fingerprint density at radius 2 is 2.21 bits per heavy atom. The van der Waals surface area contributed by atoms with Gasteiger partial charge in [0.25, 0.3) is 0 Å². The summed E-state index contributed by atoms with van der Waals surface area (Å²) in [5.74, 6) is -0.142. The van der Waals surface area contributed by atoms with Crippen molar-refractivity contribution in [2.24, 2.45) is 0 Å². The Hall–Kier alpha value is -1.36. The van der Waals surface area contributed by atoms with Crippen molar-refractivity contribution in [2.45, 2.75) is 32.9 Å². The molecule has 2 rings (SSSR count). The topological polar surface area (TPSA) is 27.1 Å². The summed E-state index contributed by atoms with van der Waals surface area (Å²) in [6.07, 6.45) is 2.94. The number of ether oxygens (including phenoxy) is 1. The molecule has 0 aliphatic heterocycles. The van der Waals surface area contributed by atoms with Gasteiger partial charge in [0.2, 0.25) is 0 Å². The van der Waals surface area contributed by atoms with E-state index in [-0.39, 0.29) is 18.2 Å². The Kier molecular flexibility index (Phi) is 4.58. The molecule has 1 aromatic heterocycles. The van der Waals surface area contributed by atoms with Gasteiger partial charge in [-0.1, -0.05) is 22.9 Å². The van der Waals surface area contributed by atoms with Crippen molar-refractivity contribution in [1.82, 2.24) is 9.78 Å². The molecule has 102 valence electrons. The van der Waals surface area contributed by atoms with Crippen LogP contribution in [0.3, 0.4) is 0 Å². The van der Waals surface area contributed by atoms with E-state index in [2.05, 4.69) is 34.9 Å². The maximum Gasteiger partial charge on any atom is 0.165 e. The Morgan fingerprint density at radius 1 is 1.42 bits per heavy atom. The lowest BCUT2D eigenvalue weighted by Crippen LogP contribution is -2.06. The van der Waals surface area contributed by atoms with E-state index in [1.165, 1.54) is 6.07 Å². The summed E-state index contributed by atoms with van der Waals surface area (Å²) in [6.45, 7) is 4.47. The number of hydrogen-bond acceptors (Lipinski definition) is 2. The molecule has 0 bridgehead atoms. The van der Waals surface area contributed by atoms with Gasteiger partial charge < -0.3 is 4.74 Å². The van der Waals surface area contributed by atoms with Crippen LogP contribution in [0.5, 0.6) is 5.75 Å². The normalized spacial score (nSPS) is 12.4. The van der Waals surface area contributed by atoms with Crippen LogP contribution in [0.2, 0.25) is 0 Å². The minimum atomic E-state index is -0.371. The van der Waals surface area contributed by atoms with E-state index < -0.39 is 0 Å². The average Bonchev–Trinajstić information content (AvgIpc) is 2.88. The monoisotopic (exact) mass is 326 g/mol.